The molecule has 1 atom stereocenters. The van der Waals surface area contributed by atoms with Gasteiger partial charge in [0.1, 0.15) is 11.9 Å². The number of ether oxygens (including phenoxy) is 1. The maximum absolute atomic E-state index is 10.1. The lowest BCUT2D eigenvalue weighted by Gasteiger charge is -2.27. The van der Waals surface area contributed by atoms with E-state index in [0.29, 0.717) is 5.92 Å². The van der Waals surface area contributed by atoms with Gasteiger partial charge in [-0.05, 0) is 36.6 Å². The molecule has 1 fully saturated rings. The predicted octanol–water partition coefficient (Wildman–Crippen LogP) is 3.84. The molecular formula is C19H28O2Si. The van der Waals surface area contributed by atoms with E-state index < -0.39 is 14.9 Å². The van der Waals surface area contributed by atoms with Crippen molar-refractivity contribution in [1.82, 2.24) is 0 Å². The van der Waals surface area contributed by atoms with Crippen LogP contribution < -0.4 is 4.74 Å². The first-order valence-electron chi connectivity index (χ1n) is 8.55. The molecule has 1 aliphatic heterocycles. The average Bonchev–Trinajstić information content (AvgIpc) is 2.55. The minimum absolute atomic E-state index is 0.413. The normalized spacial score (nSPS) is 22.5. The van der Waals surface area contributed by atoms with Gasteiger partial charge >= 0.3 is 0 Å². The molecule has 1 saturated heterocycles. The largest absolute Gasteiger partial charge is 0.497 e. The molecule has 1 unspecified atom stereocenters. The van der Waals surface area contributed by atoms with E-state index in [4.69, 9.17) is 4.74 Å². The zero-order valence-corrected chi connectivity index (χ0v) is 15.0. The predicted molar refractivity (Wildman–Crippen MR) is 95.1 cm³/mol. The van der Waals surface area contributed by atoms with Crippen LogP contribution in [-0.4, -0.2) is 27.1 Å². The second-order valence-corrected chi connectivity index (χ2v) is 9.89. The minimum Gasteiger partial charge on any atom is -0.497 e. The number of rotatable bonds is 5. The van der Waals surface area contributed by atoms with Crippen LogP contribution in [-0.2, 0) is 0 Å². The van der Waals surface area contributed by atoms with Gasteiger partial charge in [-0.25, -0.2) is 0 Å². The Morgan fingerprint density at radius 3 is 2.55 bits per heavy atom. The monoisotopic (exact) mass is 316 g/mol. The van der Waals surface area contributed by atoms with E-state index in [1.165, 1.54) is 37.4 Å². The first-order valence-corrected chi connectivity index (χ1v) is 11.0. The lowest BCUT2D eigenvalue weighted by molar-refractivity contribution is 0.190. The number of aliphatic hydroxyl groups excluding tert-OH is 1. The molecular weight excluding hydrogens is 288 g/mol. The van der Waals surface area contributed by atoms with Crippen molar-refractivity contribution >= 4 is 8.80 Å². The molecule has 22 heavy (non-hydrogen) atoms. The zero-order valence-electron chi connectivity index (χ0n) is 13.8. The summed E-state index contributed by atoms with van der Waals surface area (Å²) in [5.74, 6) is 7.58. The smallest absolute Gasteiger partial charge is 0.118 e. The van der Waals surface area contributed by atoms with Crippen LogP contribution in [0.5, 0.6) is 5.75 Å². The van der Waals surface area contributed by atoms with Crippen molar-refractivity contribution in [1.29, 1.82) is 0 Å². The first-order chi connectivity index (χ1) is 10.7. The lowest BCUT2D eigenvalue weighted by Crippen LogP contribution is -2.23. The maximum Gasteiger partial charge on any atom is 0.118 e. The molecule has 2 nitrogen and oxygen atoms in total. The highest BCUT2D eigenvalue weighted by Gasteiger charge is 2.22. The molecule has 0 radical (unpaired) electrons. The van der Waals surface area contributed by atoms with Gasteiger partial charge < -0.3 is 9.84 Å². The molecule has 1 N–H and O–H groups in total. The summed E-state index contributed by atoms with van der Waals surface area (Å²) in [5.41, 5.74) is 0.930. The summed E-state index contributed by atoms with van der Waals surface area (Å²) in [7, 11) is 1.24. The summed E-state index contributed by atoms with van der Waals surface area (Å²) < 4.78 is 5.13. The highest BCUT2D eigenvalue weighted by molar-refractivity contribution is 6.58. The van der Waals surface area contributed by atoms with Crippen molar-refractivity contribution < 1.29 is 9.84 Å². The first kappa shape index (κ1) is 17.1. The lowest BCUT2D eigenvalue weighted by atomic mass is 9.95. The summed E-state index contributed by atoms with van der Waals surface area (Å²) in [5, 5.41) is 10.1. The van der Waals surface area contributed by atoms with Gasteiger partial charge in [-0.2, -0.15) is 0 Å². The minimum atomic E-state index is -0.489. The number of hydrogen-bond donors (Lipinski definition) is 1. The Bertz CT molecular complexity index is 492. The van der Waals surface area contributed by atoms with Gasteiger partial charge in [0, 0.05) is 14.4 Å². The highest BCUT2D eigenvalue weighted by Crippen LogP contribution is 2.30. The molecule has 0 aliphatic carbocycles. The fourth-order valence-electron chi connectivity index (χ4n) is 3.38. The molecule has 1 aliphatic rings. The zero-order chi connectivity index (χ0) is 15.8. The van der Waals surface area contributed by atoms with Crippen LogP contribution in [0.3, 0.4) is 0 Å². The maximum atomic E-state index is 10.1. The molecule has 0 aromatic heterocycles. The number of methoxy groups -OCH3 is 1. The molecule has 0 spiro atoms. The fraction of sp³-hybridized carbons (Fsp3) is 0.579. The summed E-state index contributed by atoms with van der Waals surface area (Å²) in [6, 6.07) is 12.1. The Morgan fingerprint density at radius 2 is 1.95 bits per heavy atom. The third-order valence-electron chi connectivity index (χ3n) is 4.69. The van der Waals surface area contributed by atoms with Crippen LogP contribution in [0.4, 0.5) is 0 Å². The Kier molecular flexibility index (Phi) is 7.02. The van der Waals surface area contributed by atoms with E-state index in [1.807, 2.05) is 24.3 Å². The molecule has 0 amide bonds. The van der Waals surface area contributed by atoms with Crippen LogP contribution in [0.2, 0.25) is 18.1 Å². The molecule has 2 rings (SSSR count). The molecule has 1 aromatic rings. The van der Waals surface area contributed by atoms with E-state index in [9.17, 15) is 5.11 Å². The Morgan fingerprint density at radius 1 is 1.27 bits per heavy atom. The van der Waals surface area contributed by atoms with Crippen LogP contribution >= 0.6 is 0 Å². The van der Waals surface area contributed by atoms with Gasteiger partial charge in [0.25, 0.3) is 0 Å². The van der Waals surface area contributed by atoms with Crippen molar-refractivity contribution in [3.63, 3.8) is 0 Å². The molecule has 1 aromatic carbocycles. The molecule has 3 heteroatoms. The third-order valence-corrected chi connectivity index (χ3v) is 8.39. The summed E-state index contributed by atoms with van der Waals surface area (Å²) in [6.07, 6.45) is 4.35. The van der Waals surface area contributed by atoms with Crippen molar-refractivity contribution in [2.24, 2.45) is 5.92 Å². The van der Waals surface area contributed by atoms with Gasteiger partial charge in [0.05, 0.1) is 7.11 Å². The van der Waals surface area contributed by atoms with Gasteiger partial charge in [-0.15, -0.1) is 0 Å². The van der Waals surface area contributed by atoms with E-state index in [0.717, 1.165) is 17.7 Å². The molecule has 0 bridgehead atoms. The van der Waals surface area contributed by atoms with Gasteiger partial charge in [-0.3, -0.25) is 0 Å². The summed E-state index contributed by atoms with van der Waals surface area (Å²) in [4.78, 5) is 0. The van der Waals surface area contributed by atoms with E-state index in [1.54, 1.807) is 7.11 Å². The third kappa shape index (κ3) is 5.51. The van der Waals surface area contributed by atoms with E-state index >= 15 is 0 Å². The van der Waals surface area contributed by atoms with Gasteiger partial charge in [0.15, 0.2) is 0 Å². The topological polar surface area (TPSA) is 29.5 Å². The van der Waals surface area contributed by atoms with E-state index in [-0.39, 0.29) is 0 Å². The van der Waals surface area contributed by atoms with Crippen LogP contribution in [0, 0.1) is 17.8 Å². The van der Waals surface area contributed by atoms with Crippen molar-refractivity contribution in [3.8, 4) is 17.6 Å². The summed E-state index contributed by atoms with van der Waals surface area (Å²) in [6.45, 7) is 2.30. The Labute approximate surface area is 136 Å². The molecule has 0 saturated carbocycles. The quantitative estimate of drug-likeness (QED) is 0.660. The SMILES string of the molecule is CCC[Si@H]1CC[C@H](CC(O)C#Cc2ccc(OC)cc2)CC1. The highest BCUT2D eigenvalue weighted by atomic mass is 28.3. The summed E-state index contributed by atoms with van der Waals surface area (Å²) >= 11 is 0. The molecule has 1 heterocycles. The van der Waals surface area contributed by atoms with Crippen LogP contribution in [0.15, 0.2) is 24.3 Å². The standard InChI is InChI=1S/C19H28O2Si/c1-3-12-22-13-10-17(11-14-22)15-18(20)7-4-16-5-8-19(21-2)9-6-16/h5-6,8-9,17-18,20,22H,3,10-15H2,1-2H3/t17-,18?,22-. The number of aliphatic hydroxyl groups is 1. The molecule has 120 valence electrons. The van der Waals surface area contributed by atoms with E-state index in [2.05, 4.69) is 18.8 Å². The van der Waals surface area contributed by atoms with Gasteiger partial charge in [-0.1, -0.05) is 56.2 Å². The number of hydrogen-bond acceptors (Lipinski definition) is 2. The van der Waals surface area contributed by atoms with Crippen LogP contribution in [0.1, 0.15) is 38.2 Å². The second-order valence-electron chi connectivity index (χ2n) is 6.42. The fourth-order valence-corrected chi connectivity index (χ4v) is 6.95. The van der Waals surface area contributed by atoms with Crippen molar-refractivity contribution in [3.05, 3.63) is 29.8 Å². The second kappa shape index (κ2) is 9.02. The number of benzene rings is 1. The van der Waals surface area contributed by atoms with Gasteiger partial charge in [0.2, 0.25) is 0 Å². The van der Waals surface area contributed by atoms with Crippen molar-refractivity contribution in [2.75, 3.05) is 7.11 Å². The Balaban J connectivity index is 1.78. The van der Waals surface area contributed by atoms with Crippen LogP contribution in [0.25, 0.3) is 0 Å². The average molecular weight is 317 g/mol. The Hall–Kier alpha value is -1.24. The van der Waals surface area contributed by atoms with Crippen molar-refractivity contribution in [2.45, 2.75) is 56.8 Å².